The van der Waals surface area contributed by atoms with Gasteiger partial charge >= 0.3 is 6.03 Å². The Kier molecular flexibility index (Phi) is 6.52. The minimum absolute atomic E-state index is 0.241. The smallest absolute Gasteiger partial charge is 0.319 e. The van der Waals surface area contributed by atoms with Crippen molar-refractivity contribution in [3.63, 3.8) is 0 Å². The molecular weight excluding hydrogens is 366 g/mol. The number of hydrogen-bond acceptors (Lipinski definition) is 3. The molecule has 4 nitrogen and oxygen atoms in total. The second kappa shape index (κ2) is 9.27. The van der Waals surface area contributed by atoms with Gasteiger partial charge in [0.1, 0.15) is 0 Å². The number of urea groups is 1. The number of pyridine rings is 1. The van der Waals surface area contributed by atoms with Gasteiger partial charge in [0.05, 0.1) is 5.03 Å². The van der Waals surface area contributed by atoms with Crippen LogP contribution in [0.2, 0.25) is 5.02 Å². The standard InChI is InChI=1S/C20H18ClN3OS/c21-17-9-7-15(8-10-17)13-23-20(25)24-18-5-3-4-16(12-18)14-26-19-6-1-2-11-22-19/h1-12H,13-14H2,(H2,23,24,25). The quantitative estimate of drug-likeness (QED) is 0.564. The molecule has 0 fully saturated rings. The van der Waals surface area contributed by atoms with Crippen molar-refractivity contribution in [3.05, 3.63) is 89.1 Å². The van der Waals surface area contributed by atoms with Gasteiger partial charge in [-0.15, -0.1) is 11.8 Å². The Balaban J connectivity index is 1.51. The lowest BCUT2D eigenvalue weighted by Gasteiger charge is -2.09. The highest BCUT2D eigenvalue weighted by atomic mass is 35.5. The molecule has 0 aliphatic carbocycles. The van der Waals surface area contributed by atoms with E-state index in [1.807, 2.05) is 54.6 Å². The van der Waals surface area contributed by atoms with Crippen molar-refractivity contribution in [2.45, 2.75) is 17.3 Å². The molecule has 1 aromatic heterocycles. The summed E-state index contributed by atoms with van der Waals surface area (Å²) in [5, 5.41) is 7.35. The largest absolute Gasteiger partial charge is 0.334 e. The lowest BCUT2D eigenvalue weighted by Crippen LogP contribution is -2.28. The SMILES string of the molecule is O=C(NCc1ccc(Cl)cc1)Nc1cccc(CSc2ccccn2)c1. The normalized spacial score (nSPS) is 10.3. The Hall–Kier alpha value is -2.50. The van der Waals surface area contributed by atoms with Crippen LogP contribution in [0.3, 0.4) is 0 Å². The molecule has 2 N–H and O–H groups in total. The molecule has 26 heavy (non-hydrogen) atoms. The number of carbonyl (C=O) groups is 1. The summed E-state index contributed by atoms with van der Waals surface area (Å²) in [6.07, 6.45) is 1.78. The molecule has 0 spiro atoms. The van der Waals surface area contributed by atoms with Crippen LogP contribution in [0, 0.1) is 0 Å². The summed E-state index contributed by atoms with van der Waals surface area (Å²) in [4.78, 5) is 16.4. The van der Waals surface area contributed by atoms with Crippen LogP contribution >= 0.6 is 23.4 Å². The summed E-state index contributed by atoms with van der Waals surface area (Å²) in [6.45, 7) is 0.443. The number of nitrogens with one attached hydrogen (secondary N) is 2. The minimum atomic E-state index is -0.241. The van der Waals surface area contributed by atoms with E-state index in [0.717, 1.165) is 27.6 Å². The number of nitrogens with zero attached hydrogens (tertiary/aromatic N) is 1. The van der Waals surface area contributed by atoms with Crippen LogP contribution in [0.15, 0.2) is 78.0 Å². The van der Waals surface area contributed by atoms with E-state index in [0.29, 0.717) is 11.6 Å². The van der Waals surface area contributed by atoms with Gasteiger partial charge in [-0.2, -0.15) is 0 Å². The zero-order chi connectivity index (χ0) is 18.2. The predicted molar refractivity (Wildman–Crippen MR) is 108 cm³/mol. The maximum Gasteiger partial charge on any atom is 0.319 e. The van der Waals surface area contributed by atoms with Crippen molar-refractivity contribution < 1.29 is 4.79 Å². The number of halogens is 1. The van der Waals surface area contributed by atoms with Gasteiger partial charge in [-0.3, -0.25) is 0 Å². The molecule has 0 saturated carbocycles. The van der Waals surface area contributed by atoms with Crippen LogP contribution in [0.25, 0.3) is 0 Å². The predicted octanol–water partition coefficient (Wildman–Crippen LogP) is 5.35. The lowest BCUT2D eigenvalue weighted by molar-refractivity contribution is 0.251. The number of carbonyl (C=O) groups excluding carboxylic acids is 1. The van der Waals surface area contributed by atoms with Gasteiger partial charge in [-0.25, -0.2) is 9.78 Å². The van der Waals surface area contributed by atoms with Crippen LogP contribution < -0.4 is 10.6 Å². The van der Waals surface area contributed by atoms with Gasteiger partial charge in [0, 0.05) is 29.2 Å². The fraction of sp³-hybridized carbons (Fsp3) is 0.100. The first-order chi connectivity index (χ1) is 12.7. The van der Waals surface area contributed by atoms with E-state index in [1.54, 1.807) is 30.1 Å². The second-order valence-corrected chi connectivity index (χ2v) is 7.02. The maximum absolute atomic E-state index is 12.1. The molecule has 0 aliphatic rings. The van der Waals surface area contributed by atoms with Crippen molar-refractivity contribution in [2.24, 2.45) is 0 Å². The summed E-state index contributed by atoms with van der Waals surface area (Å²) in [5.41, 5.74) is 2.87. The Bertz CT molecular complexity index is 856. The summed E-state index contributed by atoms with van der Waals surface area (Å²) >= 11 is 7.52. The Labute approximate surface area is 162 Å². The summed E-state index contributed by atoms with van der Waals surface area (Å²) < 4.78 is 0. The van der Waals surface area contributed by atoms with Gasteiger partial charge in [-0.1, -0.05) is 41.9 Å². The second-order valence-electron chi connectivity index (χ2n) is 5.59. The summed E-state index contributed by atoms with van der Waals surface area (Å²) in [6, 6.07) is 20.8. The van der Waals surface area contributed by atoms with Gasteiger partial charge in [0.15, 0.2) is 0 Å². The van der Waals surface area contributed by atoms with Gasteiger partial charge < -0.3 is 10.6 Å². The van der Waals surface area contributed by atoms with E-state index in [4.69, 9.17) is 11.6 Å². The zero-order valence-electron chi connectivity index (χ0n) is 14.0. The highest BCUT2D eigenvalue weighted by Gasteiger charge is 2.04. The average molecular weight is 384 g/mol. The van der Waals surface area contributed by atoms with E-state index in [-0.39, 0.29) is 6.03 Å². The van der Waals surface area contributed by atoms with Gasteiger partial charge in [0.2, 0.25) is 0 Å². The highest BCUT2D eigenvalue weighted by Crippen LogP contribution is 2.22. The van der Waals surface area contributed by atoms with Crippen molar-refractivity contribution in [1.29, 1.82) is 0 Å². The molecule has 132 valence electrons. The Morgan fingerprint density at radius 2 is 1.85 bits per heavy atom. The number of amides is 2. The number of rotatable bonds is 6. The first-order valence-electron chi connectivity index (χ1n) is 8.11. The van der Waals surface area contributed by atoms with Crippen LogP contribution in [0.1, 0.15) is 11.1 Å². The molecule has 0 atom stereocenters. The molecule has 2 aromatic carbocycles. The number of thioether (sulfide) groups is 1. The maximum atomic E-state index is 12.1. The molecular formula is C20H18ClN3OS. The zero-order valence-corrected chi connectivity index (χ0v) is 15.6. The van der Waals surface area contributed by atoms with E-state index < -0.39 is 0 Å². The molecule has 1 heterocycles. The summed E-state index contributed by atoms with van der Waals surface area (Å²) in [7, 11) is 0. The van der Waals surface area contributed by atoms with Crippen molar-refractivity contribution in [1.82, 2.24) is 10.3 Å². The van der Waals surface area contributed by atoms with Crippen molar-refractivity contribution in [2.75, 3.05) is 5.32 Å². The van der Waals surface area contributed by atoms with Crippen molar-refractivity contribution >= 4 is 35.1 Å². The molecule has 3 rings (SSSR count). The average Bonchev–Trinajstić information content (AvgIpc) is 2.67. The van der Waals surface area contributed by atoms with Crippen LogP contribution in [-0.2, 0) is 12.3 Å². The van der Waals surface area contributed by atoms with Crippen LogP contribution in [0.4, 0.5) is 10.5 Å². The summed E-state index contributed by atoms with van der Waals surface area (Å²) in [5.74, 6) is 0.791. The topological polar surface area (TPSA) is 54.0 Å². The first kappa shape index (κ1) is 18.3. The monoisotopic (exact) mass is 383 g/mol. The molecule has 2 amide bonds. The third kappa shape index (κ3) is 5.79. The van der Waals surface area contributed by atoms with Crippen LogP contribution in [0.5, 0.6) is 0 Å². The third-order valence-corrected chi connectivity index (χ3v) is 4.84. The first-order valence-corrected chi connectivity index (χ1v) is 9.47. The molecule has 0 aliphatic heterocycles. The molecule has 6 heteroatoms. The van der Waals surface area contributed by atoms with Gasteiger partial charge in [0.25, 0.3) is 0 Å². The fourth-order valence-corrected chi connectivity index (χ4v) is 3.22. The van der Waals surface area contributed by atoms with E-state index in [9.17, 15) is 4.79 Å². The molecule has 0 saturated heterocycles. The molecule has 0 radical (unpaired) electrons. The van der Waals surface area contributed by atoms with Crippen molar-refractivity contribution in [3.8, 4) is 0 Å². The van der Waals surface area contributed by atoms with E-state index in [2.05, 4.69) is 15.6 Å². The number of hydrogen-bond donors (Lipinski definition) is 2. The van der Waals surface area contributed by atoms with E-state index in [1.165, 1.54) is 0 Å². The molecule has 0 unspecified atom stereocenters. The minimum Gasteiger partial charge on any atom is -0.334 e. The molecule has 0 bridgehead atoms. The third-order valence-electron chi connectivity index (χ3n) is 3.58. The van der Waals surface area contributed by atoms with Gasteiger partial charge in [-0.05, 0) is 47.5 Å². The molecule has 3 aromatic rings. The highest BCUT2D eigenvalue weighted by molar-refractivity contribution is 7.98. The number of aromatic nitrogens is 1. The number of benzene rings is 2. The van der Waals surface area contributed by atoms with E-state index >= 15 is 0 Å². The Morgan fingerprint density at radius 1 is 1.00 bits per heavy atom. The van der Waals surface area contributed by atoms with Crippen LogP contribution in [-0.4, -0.2) is 11.0 Å². The Morgan fingerprint density at radius 3 is 2.62 bits per heavy atom. The lowest BCUT2D eigenvalue weighted by atomic mass is 10.2. The fourth-order valence-electron chi connectivity index (χ4n) is 2.29. The number of anilines is 1.